The Labute approximate surface area is 151 Å². The molecule has 6 nitrogen and oxygen atoms in total. The van der Waals surface area contributed by atoms with Crippen molar-refractivity contribution in [1.82, 2.24) is 5.32 Å². The third-order valence-electron chi connectivity index (χ3n) is 4.18. The molecule has 0 spiro atoms. The van der Waals surface area contributed by atoms with Gasteiger partial charge >= 0.3 is 5.97 Å². The zero-order valence-corrected chi connectivity index (χ0v) is 14.5. The highest BCUT2D eigenvalue weighted by molar-refractivity contribution is 6.22. The molecule has 0 aromatic heterocycles. The van der Waals surface area contributed by atoms with Crippen LogP contribution in [0.15, 0.2) is 54.6 Å². The molecule has 0 unspecified atom stereocenters. The van der Waals surface area contributed by atoms with Crippen LogP contribution < -0.4 is 10.2 Å². The maximum Gasteiger partial charge on any atom is 0.338 e. The average Bonchev–Trinajstić information content (AvgIpc) is 2.95. The normalized spacial score (nSPS) is 16.8. The molecule has 2 aromatic carbocycles. The van der Waals surface area contributed by atoms with Gasteiger partial charge in [-0.25, -0.2) is 9.69 Å². The van der Waals surface area contributed by atoms with E-state index in [0.717, 1.165) is 10.5 Å². The minimum absolute atomic E-state index is 0.116. The molecule has 26 heavy (non-hydrogen) atoms. The average molecular weight is 352 g/mol. The number of carbonyl (C=O) groups excluding carboxylic acids is 3. The summed E-state index contributed by atoms with van der Waals surface area (Å²) in [5.74, 6) is -0.972. The summed E-state index contributed by atoms with van der Waals surface area (Å²) < 4.78 is 4.93. The smallest absolute Gasteiger partial charge is 0.338 e. The SMILES string of the molecule is CCOC(=O)c1ccc(N2C(=O)C[C@H](NCc3ccccc3)C2=O)cc1. The first-order valence-electron chi connectivity index (χ1n) is 8.51. The lowest BCUT2D eigenvalue weighted by atomic mass is 10.2. The van der Waals surface area contributed by atoms with Gasteiger partial charge in [-0.15, -0.1) is 0 Å². The molecule has 1 aliphatic heterocycles. The van der Waals surface area contributed by atoms with Gasteiger partial charge in [0.25, 0.3) is 5.91 Å². The topological polar surface area (TPSA) is 75.7 Å². The van der Waals surface area contributed by atoms with Gasteiger partial charge in [0.2, 0.25) is 5.91 Å². The Morgan fingerprint density at radius 2 is 1.81 bits per heavy atom. The van der Waals surface area contributed by atoms with Gasteiger partial charge in [-0.1, -0.05) is 30.3 Å². The van der Waals surface area contributed by atoms with Gasteiger partial charge in [0.1, 0.15) is 0 Å². The molecular weight excluding hydrogens is 332 g/mol. The van der Waals surface area contributed by atoms with Crippen molar-refractivity contribution in [3.05, 3.63) is 65.7 Å². The number of nitrogens with zero attached hydrogens (tertiary/aromatic N) is 1. The van der Waals surface area contributed by atoms with E-state index in [9.17, 15) is 14.4 Å². The summed E-state index contributed by atoms with van der Waals surface area (Å²) in [4.78, 5) is 37.8. The van der Waals surface area contributed by atoms with Crippen LogP contribution in [0.3, 0.4) is 0 Å². The molecule has 0 aliphatic carbocycles. The number of rotatable bonds is 6. The maximum atomic E-state index is 12.6. The van der Waals surface area contributed by atoms with Crippen molar-refractivity contribution < 1.29 is 19.1 Å². The van der Waals surface area contributed by atoms with Crippen LogP contribution in [-0.4, -0.2) is 30.4 Å². The summed E-state index contributed by atoms with van der Waals surface area (Å²) >= 11 is 0. The second-order valence-corrected chi connectivity index (χ2v) is 5.96. The van der Waals surface area contributed by atoms with E-state index in [1.807, 2.05) is 30.3 Å². The maximum absolute atomic E-state index is 12.6. The molecule has 2 aromatic rings. The van der Waals surface area contributed by atoms with Crippen molar-refractivity contribution in [2.24, 2.45) is 0 Å². The molecule has 1 saturated heterocycles. The number of imide groups is 1. The van der Waals surface area contributed by atoms with Crippen molar-refractivity contribution in [1.29, 1.82) is 0 Å². The summed E-state index contributed by atoms with van der Waals surface area (Å²) in [5, 5.41) is 3.14. The number of nitrogens with one attached hydrogen (secondary N) is 1. The highest BCUT2D eigenvalue weighted by Crippen LogP contribution is 2.23. The fourth-order valence-corrected chi connectivity index (χ4v) is 2.86. The van der Waals surface area contributed by atoms with E-state index < -0.39 is 12.0 Å². The number of carbonyl (C=O) groups is 3. The molecule has 134 valence electrons. The monoisotopic (exact) mass is 352 g/mol. The molecule has 1 N–H and O–H groups in total. The number of hydrogen-bond donors (Lipinski definition) is 1. The number of esters is 1. The van der Waals surface area contributed by atoms with Gasteiger partial charge in [0.15, 0.2) is 0 Å². The Hall–Kier alpha value is -2.99. The summed E-state index contributed by atoms with van der Waals surface area (Å²) in [6.07, 6.45) is 0.116. The fourth-order valence-electron chi connectivity index (χ4n) is 2.86. The largest absolute Gasteiger partial charge is 0.462 e. The fraction of sp³-hybridized carbons (Fsp3) is 0.250. The Morgan fingerprint density at radius 1 is 1.12 bits per heavy atom. The van der Waals surface area contributed by atoms with Crippen molar-refractivity contribution in [3.63, 3.8) is 0 Å². The van der Waals surface area contributed by atoms with E-state index in [1.54, 1.807) is 31.2 Å². The summed E-state index contributed by atoms with van der Waals surface area (Å²) in [6.45, 7) is 2.54. The molecule has 0 saturated carbocycles. The molecule has 0 bridgehead atoms. The Balaban J connectivity index is 1.67. The van der Waals surface area contributed by atoms with E-state index >= 15 is 0 Å². The summed E-state index contributed by atoms with van der Waals surface area (Å²) in [7, 11) is 0. The van der Waals surface area contributed by atoms with Crippen molar-refractivity contribution in [3.8, 4) is 0 Å². The number of amides is 2. The highest BCUT2D eigenvalue weighted by Gasteiger charge is 2.39. The van der Waals surface area contributed by atoms with Crippen LogP contribution in [0, 0.1) is 0 Å². The summed E-state index contributed by atoms with van der Waals surface area (Å²) in [6, 6.07) is 15.4. The molecule has 3 rings (SSSR count). The van der Waals surface area contributed by atoms with Crippen molar-refractivity contribution >= 4 is 23.5 Å². The van der Waals surface area contributed by atoms with Gasteiger partial charge in [-0.3, -0.25) is 9.59 Å². The van der Waals surface area contributed by atoms with Gasteiger partial charge < -0.3 is 10.1 Å². The molecule has 2 amide bonds. The predicted molar refractivity (Wildman–Crippen MR) is 96.6 cm³/mol. The molecule has 1 aliphatic rings. The Morgan fingerprint density at radius 3 is 2.46 bits per heavy atom. The number of anilines is 1. The molecule has 1 fully saturated rings. The van der Waals surface area contributed by atoms with Gasteiger partial charge in [-0.2, -0.15) is 0 Å². The van der Waals surface area contributed by atoms with Gasteiger partial charge in [0, 0.05) is 6.54 Å². The molecular formula is C20H20N2O4. The zero-order chi connectivity index (χ0) is 18.5. The highest BCUT2D eigenvalue weighted by atomic mass is 16.5. The van der Waals surface area contributed by atoms with Gasteiger partial charge in [0.05, 0.1) is 30.3 Å². The minimum Gasteiger partial charge on any atom is -0.462 e. The predicted octanol–water partition coefficient (Wildman–Crippen LogP) is 2.29. The zero-order valence-electron chi connectivity index (χ0n) is 14.5. The standard InChI is InChI=1S/C20H20N2O4/c1-2-26-20(25)15-8-10-16(11-9-15)22-18(23)12-17(19(22)24)21-13-14-6-4-3-5-7-14/h3-11,17,21H,2,12-13H2,1H3/t17-/m0/s1. The van der Waals surface area contributed by atoms with Crippen LogP contribution >= 0.6 is 0 Å². The van der Waals surface area contributed by atoms with Crippen LogP contribution in [0.1, 0.15) is 29.3 Å². The number of hydrogen-bond acceptors (Lipinski definition) is 5. The number of benzene rings is 2. The lowest BCUT2D eigenvalue weighted by molar-refractivity contribution is -0.121. The van der Waals surface area contributed by atoms with Crippen LogP contribution in [-0.2, 0) is 20.9 Å². The van der Waals surface area contributed by atoms with Crippen molar-refractivity contribution in [2.45, 2.75) is 25.9 Å². The first kappa shape index (κ1) is 17.8. The van der Waals surface area contributed by atoms with E-state index in [1.165, 1.54) is 0 Å². The van der Waals surface area contributed by atoms with E-state index in [2.05, 4.69) is 5.32 Å². The van der Waals surface area contributed by atoms with E-state index in [4.69, 9.17) is 4.74 Å². The first-order chi connectivity index (χ1) is 12.6. The minimum atomic E-state index is -0.549. The third kappa shape index (κ3) is 3.81. The Bertz CT molecular complexity index is 802. The lowest BCUT2D eigenvalue weighted by Crippen LogP contribution is -2.38. The molecule has 0 radical (unpaired) electrons. The first-order valence-corrected chi connectivity index (χ1v) is 8.51. The van der Waals surface area contributed by atoms with Gasteiger partial charge in [-0.05, 0) is 36.8 Å². The second-order valence-electron chi connectivity index (χ2n) is 5.96. The quantitative estimate of drug-likeness (QED) is 0.638. The van der Waals surface area contributed by atoms with E-state index in [0.29, 0.717) is 24.4 Å². The van der Waals surface area contributed by atoms with Crippen LogP contribution in [0.25, 0.3) is 0 Å². The van der Waals surface area contributed by atoms with E-state index in [-0.39, 0.29) is 18.2 Å². The third-order valence-corrected chi connectivity index (χ3v) is 4.18. The molecule has 6 heteroatoms. The molecule has 1 heterocycles. The number of ether oxygens (including phenoxy) is 1. The second kappa shape index (κ2) is 7.93. The Kier molecular flexibility index (Phi) is 5.43. The van der Waals surface area contributed by atoms with Crippen LogP contribution in [0.5, 0.6) is 0 Å². The molecule has 1 atom stereocenters. The van der Waals surface area contributed by atoms with Crippen LogP contribution in [0.2, 0.25) is 0 Å². The lowest BCUT2D eigenvalue weighted by Gasteiger charge is -2.16. The van der Waals surface area contributed by atoms with Crippen molar-refractivity contribution in [2.75, 3.05) is 11.5 Å². The van der Waals surface area contributed by atoms with Crippen LogP contribution in [0.4, 0.5) is 5.69 Å². The summed E-state index contributed by atoms with van der Waals surface area (Å²) in [5.41, 5.74) is 1.88.